The Kier molecular flexibility index (Phi) is 5.04. The van der Waals surface area contributed by atoms with Gasteiger partial charge in [-0.05, 0) is 39.2 Å². The monoisotopic (exact) mass is 353 g/mol. The van der Waals surface area contributed by atoms with Gasteiger partial charge in [0, 0.05) is 6.54 Å². The van der Waals surface area contributed by atoms with Gasteiger partial charge in [0.2, 0.25) is 0 Å². The summed E-state index contributed by atoms with van der Waals surface area (Å²) in [5.41, 5.74) is 2.65. The number of anilines is 1. The summed E-state index contributed by atoms with van der Waals surface area (Å²) in [6.45, 7) is 0.544. The molecule has 0 bridgehead atoms. The van der Waals surface area contributed by atoms with Gasteiger partial charge in [-0.15, -0.1) is 0 Å². The molecule has 0 radical (unpaired) electrons. The molecule has 0 amide bonds. The molecule has 2 rings (SSSR count). The normalized spacial score (nSPS) is 10.3. The Bertz CT molecular complexity index is 631. The molecule has 3 nitrogen and oxygen atoms in total. The first-order chi connectivity index (χ1) is 9.58. The van der Waals surface area contributed by atoms with Gasteiger partial charge in [-0.3, -0.25) is 4.79 Å². The minimum absolute atomic E-state index is 0.0224. The zero-order chi connectivity index (χ0) is 14.5. The van der Waals surface area contributed by atoms with Crippen molar-refractivity contribution in [1.29, 1.82) is 0 Å². The van der Waals surface area contributed by atoms with E-state index in [0.717, 1.165) is 21.3 Å². The molecule has 2 aromatic carbocycles. The first kappa shape index (κ1) is 14.9. The highest BCUT2D eigenvalue weighted by Gasteiger charge is 2.07. The molecule has 2 aromatic rings. The van der Waals surface area contributed by atoms with E-state index < -0.39 is 5.97 Å². The fourth-order valence-corrected chi connectivity index (χ4v) is 2.48. The first-order valence-corrected chi connectivity index (χ1v) is 7.21. The van der Waals surface area contributed by atoms with Crippen LogP contribution in [0, 0.1) is 0 Å². The van der Waals surface area contributed by atoms with Crippen molar-refractivity contribution < 1.29 is 9.90 Å². The third-order valence-electron chi connectivity index (χ3n) is 2.88. The molecule has 0 spiro atoms. The molecule has 0 aliphatic heterocycles. The lowest BCUT2D eigenvalue weighted by molar-refractivity contribution is -0.136. The third kappa shape index (κ3) is 3.74. The summed E-state index contributed by atoms with van der Waals surface area (Å²) in [5, 5.41) is 12.8. The second kappa shape index (κ2) is 6.77. The van der Waals surface area contributed by atoms with Gasteiger partial charge in [-0.1, -0.05) is 41.9 Å². The lowest BCUT2D eigenvalue weighted by Gasteiger charge is -2.12. The Morgan fingerprint density at radius 2 is 1.85 bits per heavy atom. The number of hydrogen-bond acceptors (Lipinski definition) is 2. The van der Waals surface area contributed by atoms with Gasteiger partial charge in [0.05, 0.1) is 21.6 Å². The van der Waals surface area contributed by atoms with Crippen LogP contribution in [0.1, 0.15) is 11.1 Å². The van der Waals surface area contributed by atoms with Crippen LogP contribution in [0.2, 0.25) is 5.02 Å². The van der Waals surface area contributed by atoms with Crippen molar-refractivity contribution in [2.75, 3.05) is 5.32 Å². The van der Waals surface area contributed by atoms with E-state index in [1.807, 2.05) is 36.4 Å². The van der Waals surface area contributed by atoms with Gasteiger partial charge in [0.15, 0.2) is 0 Å². The maximum absolute atomic E-state index is 10.8. The molecule has 2 N–H and O–H groups in total. The second-order valence-corrected chi connectivity index (χ2v) is 5.49. The van der Waals surface area contributed by atoms with Crippen molar-refractivity contribution in [1.82, 2.24) is 0 Å². The summed E-state index contributed by atoms with van der Waals surface area (Å²) in [6, 6.07) is 13.1. The number of rotatable bonds is 5. The van der Waals surface area contributed by atoms with Crippen LogP contribution in [0.25, 0.3) is 0 Å². The van der Waals surface area contributed by atoms with E-state index in [-0.39, 0.29) is 6.42 Å². The molecule has 0 unspecified atom stereocenters. The predicted octanol–water partition coefficient (Wildman–Crippen LogP) is 4.34. The van der Waals surface area contributed by atoms with E-state index in [9.17, 15) is 4.79 Å². The lowest BCUT2D eigenvalue weighted by Crippen LogP contribution is -2.07. The molecule has 0 heterocycles. The zero-order valence-corrected chi connectivity index (χ0v) is 12.9. The van der Waals surface area contributed by atoms with Gasteiger partial charge in [0.25, 0.3) is 0 Å². The molecule has 0 aliphatic carbocycles. The molecular formula is C15H13BrClNO2. The van der Waals surface area contributed by atoms with Crippen LogP contribution >= 0.6 is 27.5 Å². The molecule has 0 aromatic heterocycles. The van der Waals surface area contributed by atoms with Crippen LogP contribution < -0.4 is 5.32 Å². The average molecular weight is 355 g/mol. The highest BCUT2D eigenvalue weighted by Crippen LogP contribution is 2.30. The number of carboxylic acid groups (broad SMARTS) is 1. The van der Waals surface area contributed by atoms with Gasteiger partial charge in [0.1, 0.15) is 0 Å². The SMILES string of the molecule is O=C(O)Cc1ccccc1CNc1cccc(Cl)c1Br. The van der Waals surface area contributed by atoms with Crippen LogP contribution in [0.15, 0.2) is 46.9 Å². The third-order valence-corrected chi connectivity index (χ3v) is 4.28. The van der Waals surface area contributed by atoms with E-state index in [0.29, 0.717) is 11.6 Å². The Hall–Kier alpha value is -1.52. The largest absolute Gasteiger partial charge is 0.481 e. The predicted molar refractivity (Wildman–Crippen MR) is 84.3 cm³/mol. The molecule has 0 saturated carbocycles. The fourth-order valence-electron chi connectivity index (χ4n) is 1.90. The maximum atomic E-state index is 10.8. The highest BCUT2D eigenvalue weighted by atomic mass is 79.9. The van der Waals surface area contributed by atoms with Crippen molar-refractivity contribution in [3.8, 4) is 0 Å². The molecule has 0 saturated heterocycles. The van der Waals surface area contributed by atoms with Crippen LogP contribution in [0.5, 0.6) is 0 Å². The summed E-state index contributed by atoms with van der Waals surface area (Å²) in [5.74, 6) is -0.832. The highest BCUT2D eigenvalue weighted by molar-refractivity contribution is 9.10. The smallest absolute Gasteiger partial charge is 0.307 e. The van der Waals surface area contributed by atoms with Crippen molar-refractivity contribution in [3.63, 3.8) is 0 Å². The van der Waals surface area contributed by atoms with E-state index in [4.69, 9.17) is 16.7 Å². The molecule has 104 valence electrons. The van der Waals surface area contributed by atoms with E-state index in [2.05, 4.69) is 21.2 Å². The molecule has 0 fully saturated rings. The number of nitrogens with one attached hydrogen (secondary N) is 1. The summed E-state index contributed by atoms with van der Waals surface area (Å²) in [7, 11) is 0. The Morgan fingerprint density at radius 1 is 1.15 bits per heavy atom. The van der Waals surface area contributed by atoms with Gasteiger partial charge in [-0.25, -0.2) is 0 Å². The maximum Gasteiger partial charge on any atom is 0.307 e. The summed E-state index contributed by atoms with van der Waals surface area (Å²) < 4.78 is 0.803. The van der Waals surface area contributed by atoms with Crippen LogP contribution in [-0.4, -0.2) is 11.1 Å². The quantitative estimate of drug-likeness (QED) is 0.839. The van der Waals surface area contributed by atoms with Crippen LogP contribution in [0.4, 0.5) is 5.69 Å². The molecule has 5 heteroatoms. The van der Waals surface area contributed by atoms with Gasteiger partial charge in [-0.2, -0.15) is 0 Å². The lowest BCUT2D eigenvalue weighted by atomic mass is 10.0. The molecule has 0 aliphatic rings. The van der Waals surface area contributed by atoms with Gasteiger partial charge < -0.3 is 10.4 Å². The van der Waals surface area contributed by atoms with Crippen LogP contribution in [0.3, 0.4) is 0 Å². The van der Waals surface area contributed by atoms with E-state index in [1.54, 1.807) is 6.07 Å². The van der Waals surface area contributed by atoms with E-state index in [1.165, 1.54) is 0 Å². The number of benzene rings is 2. The average Bonchev–Trinajstić information content (AvgIpc) is 2.41. The zero-order valence-electron chi connectivity index (χ0n) is 10.6. The van der Waals surface area contributed by atoms with Gasteiger partial charge >= 0.3 is 5.97 Å². The van der Waals surface area contributed by atoms with Crippen LogP contribution in [-0.2, 0) is 17.8 Å². The van der Waals surface area contributed by atoms with Crippen molar-refractivity contribution >= 4 is 39.2 Å². The minimum atomic E-state index is -0.832. The number of aliphatic carboxylic acids is 1. The first-order valence-electron chi connectivity index (χ1n) is 6.04. The Labute approximate surface area is 130 Å². The van der Waals surface area contributed by atoms with E-state index >= 15 is 0 Å². The number of carbonyl (C=O) groups is 1. The van der Waals surface area contributed by atoms with Crippen molar-refractivity contribution in [2.24, 2.45) is 0 Å². The molecule has 20 heavy (non-hydrogen) atoms. The summed E-state index contributed by atoms with van der Waals surface area (Å²) in [4.78, 5) is 10.8. The number of carboxylic acids is 1. The number of halogens is 2. The minimum Gasteiger partial charge on any atom is -0.481 e. The summed E-state index contributed by atoms with van der Waals surface area (Å²) >= 11 is 9.46. The summed E-state index contributed by atoms with van der Waals surface area (Å²) in [6.07, 6.45) is 0.0224. The molecular weight excluding hydrogens is 342 g/mol. The standard InChI is InChI=1S/C15H13BrClNO2/c16-15-12(17)6-3-7-13(15)18-9-11-5-2-1-4-10(11)8-14(19)20/h1-7,18H,8-9H2,(H,19,20). The topological polar surface area (TPSA) is 49.3 Å². The number of hydrogen-bond donors (Lipinski definition) is 2. The second-order valence-electron chi connectivity index (χ2n) is 4.29. The van der Waals surface area contributed by atoms with Crippen molar-refractivity contribution in [3.05, 3.63) is 63.1 Å². The van der Waals surface area contributed by atoms with Crippen molar-refractivity contribution in [2.45, 2.75) is 13.0 Å². The molecule has 0 atom stereocenters. The fraction of sp³-hybridized carbons (Fsp3) is 0.133. The Morgan fingerprint density at radius 3 is 2.55 bits per heavy atom. The Balaban J connectivity index is 2.15.